The van der Waals surface area contributed by atoms with Gasteiger partial charge < -0.3 is 13.9 Å². The van der Waals surface area contributed by atoms with Crippen LogP contribution in [0.5, 0.6) is 0 Å². The van der Waals surface area contributed by atoms with Crippen molar-refractivity contribution in [2.45, 2.75) is 25.3 Å². The summed E-state index contributed by atoms with van der Waals surface area (Å²) < 4.78 is 21.1. The number of hydrogen-bond donors (Lipinski definition) is 0. The van der Waals surface area contributed by atoms with Crippen LogP contribution >= 0.6 is 0 Å². The number of hydrogen-bond acceptors (Lipinski definition) is 5. The molecule has 2 aromatic heterocycles. The summed E-state index contributed by atoms with van der Waals surface area (Å²) in [6.07, 6.45) is 3.98. The molecule has 0 unspecified atom stereocenters. The maximum Gasteiger partial charge on any atom is 0.256 e. The number of pyridine rings is 1. The Morgan fingerprint density at radius 2 is 2.00 bits per heavy atom. The molecule has 0 radical (unpaired) electrons. The van der Waals surface area contributed by atoms with Crippen LogP contribution in [-0.2, 0) is 7.05 Å². The molecule has 1 aliphatic rings. The van der Waals surface area contributed by atoms with Gasteiger partial charge in [0, 0.05) is 25.9 Å². The van der Waals surface area contributed by atoms with Gasteiger partial charge in [-0.3, -0.25) is 9.59 Å². The molecule has 1 fully saturated rings. The highest BCUT2D eigenvalue weighted by molar-refractivity contribution is 5.94. The zero-order valence-corrected chi connectivity index (χ0v) is 15.3. The Kier molecular flexibility index (Phi) is 4.77. The molecule has 0 saturated carbocycles. The van der Waals surface area contributed by atoms with E-state index < -0.39 is 5.82 Å². The number of aromatic nitrogens is 3. The van der Waals surface area contributed by atoms with E-state index in [9.17, 15) is 14.0 Å². The van der Waals surface area contributed by atoms with E-state index in [-0.39, 0.29) is 34.9 Å². The highest BCUT2D eigenvalue weighted by Crippen LogP contribution is 2.33. The summed E-state index contributed by atoms with van der Waals surface area (Å²) in [5, 5.41) is 8.06. The quantitative estimate of drug-likeness (QED) is 0.696. The molecule has 8 heteroatoms. The first-order valence-corrected chi connectivity index (χ1v) is 9.10. The highest BCUT2D eigenvalue weighted by Gasteiger charge is 2.33. The maximum atomic E-state index is 14.0. The third-order valence-corrected chi connectivity index (χ3v) is 4.93. The molecule has 144 valence electrons. The van der Waals surface area contributed by atoms with E-state index in [1.807, 2.05) is 0 Å². The van der Waals surface area contributed by atoms with Gasteiger partial charge in [0.05, 0.1) is 11.1 Å². The van der Waals surface area contributed by atoms with Crippen LogP contribution in [0.3, 0.4) is 0 Å². The number of carbonyl (C=O) groups excluding carboxylic acids is 1. The fourth-order valence-electron chi connectivity index (χ4n) is 3.43. The largest absolute Gasteiger partial charge is 0.418 e. The molecule has 0 spiro atoms. The van der Waals surface area contributed by atoms with Crippen molar-refractivity contribution in [1.29, 1.82) is 0 Å². The minimum absolute atomic E-state index is 0.0909. The lowest BCUT2D eigenvalue weighted by molar-refractivity contribution is 0.0571. The molecule has 1 saturated heterocycles. The van der Waals surface area contributed by atoms with Crippen molar-refractivity contribution in [3.63, 3.8) is 0 Å². The molecule has 7 nitrogen and oxygen atoms in total. The normalized spacial score (nSPS) is 16.9. The van der Waals surface area contributed by atoms with E-state index in [0.717, 1.165) is 12.8 Å². The van der Waals surface area contributed by atoms with Crippen molar-refractivity contribution in [2.75, 3.05) is 6.54 Å². The second kappa shape index (κ2) is 7.38. The van der Waals surface area contributed by atoms with Gasteiger partial charge in [-0.25, -0.2) is 4.39 Å². The van der Waals surface area contributed by atoms with Gasteiger partial charge in [0.15, 0.2) is 0 Å². The zero-order valence-electron chi connectivity index (χ0n) is 15.3. The standard InChI is InChI=1S/C20H19FN4O3/c1-24-12-13(9-10-17(24)26)20(27)25-11-5-4-8-16(25)19-23-22-18(28-19)14-6-2-3-7-15(14)21/h2-3,6-7,9-10,12,16H,4-5,8,11H2,1H3/t16-/m1/s1. The van der Waals surface area contributed by atoms with Gasteiger partial charge in [0.2, 0.25) is 11.4 Å². The third-order valence-electron chi connectivity index (χ3n) is 4.93. The first-order valence-electron chi connectivity index (χ1n) is 9.10. The van der Waals surface area contributed by atoms with E-state index >= 15 is 0 Å². The van der Waals surface area contributed by atoms with Crippen molar-refractivity contribution in [1.82, 2.24) is 19.7 Å². The third kappa shape index (κ3) is 3.33. The number of amides is 1. The lowest BCUT2D eigenvalue weighted by Gasteiger charge is -2.33. The van der Waals surface area contributed by atoms with Crippen LogP contribution in [0.25, 0.3) is 11.5 Å². The second-order valence-corrected chi connectivity index (χ2v) is 6.80. The molecule has 3 aromatic rings. The zero-order chi connectivity index (χ0) is 19.7. The molecular formula is C20H19FN4O3. The number of piperidine rings is 1. The van der Waals surface area contributed by atoms with Gasteiger partial charge in [0.1, 0.15) is 11.9 Å². The van der Waals surface area contributed by atoms with Crippen LogP contribution in [0, 0.1) is 5.82 Å². The SMILES string of the molecule is Cn1cc(C(=O)N2CCCC[C@@H]2c2nnc(-c3ccccc3F)o2)ccc1=O. The molecule has 1 amide bonds. The van der Waals surface area contributed by atoms with Crippen LogP contribution in [0.4, 0.5) is 4.39 Å². The predicted molar refractivity (Wildman–Crippen MR) is 99.0 cm³/mol. The van der Waals surface area contributed by atoms with E-state index in [4.69, 9.17) is 4.42 Å². The number of aryl methyl sites for hydroxylation is 1. The Bertz CT molecular complexity index is 1080. The number of halogens is 1. The molecule has 1 aliphatic heterocycles. The van der Waals surface area contributed by atoms with Gasteiger partial charge in [-0.15, -0.1) is 10.2 Å². The van der Waals surface area contributed by atoms with Crippen LogP contribution in [0.1, 0.15) is 41.6 Å². The van der Waals surface area contributed by atoms with Crippen molar-refractivity contribution >= 4 is 5.91 Å². The first-order chi connectivity index (χ1) is 13.5. The van der Waals surface area contributed by atoms with Gasteiger partial charge in [-0.1, -0.05) is 12.1 Å². The summed E-state index contributed by atoms with van der Waals surface area (Å²) in [4.78, 5) is 26.3. The van der Waals surface area contributed by atoms with Crippen LogP contribution in [0.15, 0.2) is 51.8 Å². The number of likely N-dealkylation sites (tertiary alicyclic amines) is 1. The maximum absolute atomic E-state index is 14.0. The fourth-order valence-corrected chi connectivity index (χ4v) is 3.43. The summed E-state index contributed by atoms with van der Waals surface area (Å²) in [6.45, 7) is 0.545. The van der Waals surface area contributed by atoms with Gasteiger partial charge in [-0.05, 0) is 37.5 Å². The molecule has 1 aromatic carbocycles. The Hall–Kier alpha value is -3.29. The van der Waals surface area contributed by atoms with Crippen molar-refractivity contribution < 1.29 is 13.6 Å². The predicted octanol–water partition coefficient (Wildman–Crippen LogP) is 2.94. The van der Waals surface area contributed by atoms with E-state index in [0.29, 0.717) is 18.5 Å². The Labute approximate surface area is 160 Å². The van der Waals surface area contributed by atoms with Crippen molar-refractivity contribution in [3.05, 3.63) is 70.2 Å². The van der Waals surface area contributed by atoms with Crippen LogP contribution in [-0.4, -0.2) is 32.1 Å². The molecule has 1 atom stereocenters. The summed E-state index contributed by atoms with van der Waals surface area (Å²) in [5.41, 5.74) is 0.467. The topological polar surface area (TPSA) is 81.2 Å². The number of nitrogens with zero attached hydrogens (tertiary/aromatic N) is 4. The summed E-state index contributed by atoms with van der Waals surface area (Å²) in [5.74, 6) is -0.269. The van der Waals surface area contributed by atoms with Crippen LogP contribution < -0.4 is 5.56 Å². The number of rotatable bonds is 3. The Morgan fingerprint density at radius 1 is 1.18 bits per heavy atom. The van der Waals surface area contributed by atoms with Crippen LogP contribution in [0.2, 0.25) is 0 Å². The van der Waals surface area contributed by atoms with Gasteiger partial charge >= 0.3 is 0 Å². The molecule has 3 heterocycles. The van der Waals surface area contributed by atoms with Crippen molar-refractivity contribution in [2.24, 2.45) is 7.05 Å². The number of carbonyl (C=O) groups is 1. The Morgan fingerprint density at radius 3 is 2.79 bits per heavy atom. The molecule has 0 aliphatic carbocycles. The minimum Gasteiger partial charge on any atom is -0.418 e. The smallest absolute Gasteiger partial charge is 0.256 e. The van der Waals surface area contributed by atoms with Gasteiger partial charge in [-0.2, -0.15) is 0 Å². The van der Waals surface area contributed by atoms with Gasteiger partial charge in [0.25, 0.3) is 11.8 Å². The number of benzene rings is 1. The molecule has 0 N–H and O–H groups in total. The molecular weight excluding hydrogens is 363 g/mol. The van der Waals surface area contributed by atoms with E-state index in [1.54, 1.807) is 30.1 Å². The van der Waals surface area contributed by atoms with Crippen molar-refractivity contribution in [3.8, 4) is 11.5 Å². The summed E-state index contributed by atoms with van der Waals surface area (Å²) in [7, 11) is 1.60. The fraction of sp³-hybridized carbons (Fsp3) is 0.300. The van der Waals surface area contributed by atoms with E-state index in [2.05, 4.69) is 10.2 Å². The second-order valence-electron chi connectivity index (χ2n) is 6.80. The first kappa shape index (κ1) is 18.1. The average Bonchev–Trinajstić information content (AvgIpc) is 3.20. The molecule has 4 rings (SSSR count). The minimum atomic E-state index is -0.445. The Balaban J connectivity index is 1.64. The monoisotopic (exact) mass is 382 g/mol. The molecule has 28 heavy (non-hydrogen) atoms. The lowest BCUT2D eigenvalue weighted by Crippen LogP contribution is -2.39. The summed E-state index contributed by atoms with van der Waals surface area (Å²) >= 11 is 0. The average molecular weight is 382 g/mol. The lowest BCUT2D eigenvalue weighted by atomic mass is 10.0. The molecule has 0 bridgehead atoms. The summed E-state index contributed by atoms with van der Waals surface area (Å²) in [6, 6.07) is 8.69. The van der Waals surface area contributed by atoms with E-state index in [1.165, 1.54) is 29.0 Å². The highest BCUT2D eigenvalue weighted by atomic mass is 19.1.